The molecule has 21 heavy (non-hydrogen) atoms. The molecule has 2 aromatic carbocycles. The van der Waals surface area contributed by atoms with Crippen LogP contribution in [0.4, 0.5) is 11.4 Å². The van der Waals surface area contributed by atoms with E-state index in [1.165, 1.54) is 0 Å². The number of rotatable bonds is 4. The fourth-order valence-corrected chi connectivity index (χ4v) is 3.24. The van der Waals surface area contributed by atoms with E-state index in [-0.39, 0.29) is 0 Å². The maximum absolute atomic E-state index is 12.6. The quantitative estimate of drug-likeness (QED) is 0.871. The van der Waals surface area contributed by atoms with Crippen LogP contribution >= 0.6 is 0 Å². The van der Waals surface area contributed by atoms with E-state index in [0.717, 1.165) is 11.4 Å². The van der Waals surface area contributed by atoms with Gasteiger partial charge in [0.1, 0.15) is 0 Å². The van der Waals surface area contributed by atoms with Crippen molar-refractivity contribution in [2.45, 2.75) is 9.79 Å². The zero-order valence-corrected chi connectivity index (χ0v) is 13.6. The van der Waals surface area contributed by atoms with E-state index >= 15 is 0 Å². The standard InChI is InChI=1S/C16H20N2O2S/c1-17(2)13-5-9-15(10-6-13)21(19,20)16-11-7-14(8-12-16)18(3)4/h5-12H,1-4H3. The van der Waals surface area contributed by atoms with Gasteiger partial charge in [0.15, 0.2) is 0 Å². The Kier molecular flexibility index (Phi) is 4.23. The summed E-state index contributed by atoms with van der Waals surface area (Å²) in [7, 11) is 4.22. The lowest BCUT2D eigenvalue weighted by atomic mass is 10.3. The fourth-order valence-electron chi connectivity index (χ4n) is 1.98. The summed E-state index contributed by atoms with van der Waals surface area (Å²) in [5.41, 5.74) is 1.94. The van der Waals surface area contributed by atoms with E-state index in [2.05, 4.69) is 0 Å². The van der Waals surface area contributed by atoms with Crippen molar-refractivity contribution >= 4 is 21.2 Å². The maximum Gasteiger partial charge on any atom is 0.206 e. The lowest BCUT2D eigenvalue weighted by Gasteiger charge is -2.14. The summed E-state index contributed by atoms with van der Waals surface area (Å²) in [6.07, 6.45) is 0. The van der Waals surface area contributed by atoms with Crippen LogP contribution in [0.2, 0.25) is 0 Å². The number of hydrogen-bond donors (Lipinski definition) is 0. The Morgan fingerprint density at radius 1 is 0.619 bits per heavy atom. The van der Waals surface area contributed by atoms with Gasteiger partial charge in [-0.1, -0.05) is 0 Å². The van der Waals surface area contributed by atoms with Gasteiger partial charge < -0.3 is 9.80 Å². The molecule has 112 valence electrons. The van der Waals surface area contributed by atoms with Crippen molar-refractivity contribution in [3.05, 3.63) is 48.5 Å². The number of benzene rings is 2. The highest BCUT2D eigenvalue weighted by molar-refractivity contribution is 7.91. The molecule has 0 aliphatic rings. The SMILES string of the molecule is CN(C)c1ccc(S(=O)(=O)c2ccc(N(C)C)cc2)cc1. The molecule has 0 amide bonds. The Hall–Kier alpha value is -2.01. The predicted octanol–water partition coefficient (Wildman–Crippen LogP) is 2.65. The normalized spacial score (nSPS) is 11.2. The van der Waals surface area contributed by atoms with E-state index in [9.17, 15) is 8.42 Å². The summed E-state index contributed by atoms with van der Waals surface area (Å²) in [6.45, 7) is 0. The van der Waals surface area contributed by atoms with Crippen molar-refractivity contribution in [3.63, 3.8) is 0 Å². The van der Waals surface area contributed by atoms with Gasteiger partial charge in [0.25, 0.3) is 0 Å². The summed E-state index contributed by atoms with van der Waals surface area (Å²) in [4.78, 5) is 4.49. The third-order valence-electron chi connectivity index (χ3n) is 3.33. The van der Waals surface area contributed by atoms with Gasteiger partial charge in [-0.2, -0.15) is 0 Å². The molecule has 0 aliphatic carbocycles. The van der Waals surface area contributed by atoms with Gasteiger partial charge in [-0.25, -0.2) is 8.42 Å². The van der Waals surface area contributed by atoms with Crippen LogP contribution in [0.25, 0.3) is 0 Å². The van der Waals surface area contributed by atoms with Crippen molar-refractivity contribution in [2.75, 3.05) is 38.0 Å². The molecule has 4 nitrogen and oxygen atoms in total. The van der Waals surface area contributed by atoms with Gasteiger partial charge in [-0.15, -0.1) is 0 Å². The van der Waals surface area contributed by atoms with E-state index in [1.807, 2.05) is 38.0 Å². The molecule has 0 saturated carbocycles. The minimum atomic E-state index is -3.46. The third-order valence-corrected chi connectivity index (χ3v) is 5.11. The second-order valence-electron chi connectivity index (χ2n) is 5.28. The second-order valence-corrected chi connectivity index (χ2v) is 7.23. The molecule has 0 spiro atoms. The first-order valence-corrected chi connectivity index (χ1v) is 8.10. The van der Waals surface area contributed by atoms with Gasteiger partial charge in [-0.3, -0.25) is 0 Å². The molecule has 0 heterocycles. The Morgan fingerprint density at radius 2 is 0.905 bits per heavy atom. The minimum absolute atomic E-state index is 0.311. The summed E-state index contributed by atoms with van der Waals surface area (Å²) in [6, 6.07) is 13.8. The first-order chi connectivity index (χ1) is 9.82. The number of anilines is 2. The summed E-state index contributed by atoms with van der Waals surface area (Å²) in [5, 5.41) is 0. The molecule has 0 atom stereocenters. The molecule has 0 radical (unpaired) electrons. The molecule has 0 N–H and O–H groups in total. The molecule has 2 rings (SSSR count). The molecule has 0 bridgehead atoms. The Labute approximate surface area is 126 Å². The van der Waals surface area contributed by atoms with E-state index in [0.29, 0.717) is 9.79 Å². The van der Waals surface area contributed by atoms with Gasteiger partial charge >= 0.3 is 0 Å². The third kappa shape index (κ3) is 3.19. The highest BCUT2D eigenvalue weighted by Crippen LogP contribution is 2.24. The van der Waals surface area contributed by atoms with Crippen molar-refractivity contribution < 1.29 is 8.42 Å². The molecule has 5 heteroatoms. The highest BCUT2D eigenvalue weighted by atomic mass is 32.2. The van der Waals surface area contributed by atoms with E-state index < -0.39 is 9.84 Å². The summed E-state index contributed by atoms with van der Waals surface area (Å²) < 4.78 is 25.1. The van der Waals surface area contributed by atoms with Crippen molar-refractivity contribution in [1.82, 2.24) is 0 Å². The average molecular weight is 304 g/mol. The second kappa shape index (κ2) is 5.77. The largest absolute Gasteiger partial charge is 0.378 e. The van der Waals surface area contributed by atoms with Crippen LogP contribution in [-0.4, -0.2) is 36.6 Å². The van der Waals surface area contributed by atoms with Crippen molar-refractivity contribution in [1.29, 1.82) is 0 Å². The summed E-state index contributed by atoms with van der Waals surface area (Å²) >= 11 is 0. The first-order valence-electron chi connectivity index (χ1n) is 6.62. The van der Waals surface area contributed by atoms with Gasteiger partial charge in [0, 0.05) is 39.6 Å². The van der Waals surface area contributed by atoms with Crippen LogP contribution in [0.15, 0.2) is 58.3 Å². The molecule has 0 fully saturated rings. The maximum atomic E-state index is 12.6. The van der Waals surface area contributed by atoms with Crippen LogP contribution in [0, 0.1) is 0 Å². The van der Waals surface area contributed by atoms with Crippen molar-refractivity contribution in [2.24, 2.45) is 0 Å². The lowest BCUT2D eigenvalue weighted by Crippen LogP contribution is -2.10. The van der Waals surface area contributed by atoms with Crippen LogP contribution in [-0.2, 0) is 9.84 Å². The predicted molar refractivity (Wildman–Crippen MR) is 87.0 cm³/mol. The van der Waals surface area contributed by atoms with Gasteiger partial charge in [0.2, 0.25) is 9.84 Å². The fraction of sp³-hybridized carbons (Fsp3) is 0.250. The zero-order chi connectivity index (χ0) is 15.6. The van der Waals surface area contributed by atoms with Crippen LogP contribution in [0.3, 0.4) is 0 Å². The lowest BCUT2D eigenvalue weighted by molar-refractivity contribution is 0.596. The smallest absolute Gasteiger partial charge is 0.206 e. The van der Waals surface area contributed by atoms with Crippen molar-refractivity contribution in [3.8, 4) is 0 Å². The molecule has 0 aliphatic heterocycles. The molecule has 0 saturated heterocycles. The Morgan fingerprint density at radius 3 is 1.14 bits per heavy atom. The molecule has 0 aromatic heterocycles. The topological polar surface area (TPSA) is 40.6 Å². The van der Waals surface area contributed by atoms with Crippen LogP contribution in [0.5, 0.6) is 0 Å². The van der Waals surface area contributed by atoms with Crippen LogP contribution in [0.1, 0.15) is 0 Å². The monoisotopic (exact) mass is 304 g/mol. The summed E-state index contributed by atoms with van der Waals surface area (Å²) in [5.74, 6) is 0. The number of sulfone groups is 1. The number of hydrogen-bond acceptors (Lipinski definition) is 4. The Balaban J connectivity index is 2.37. The van der Waals surface area contributed by atoms with Gasteiger partial charge in [-0.05, 0) is 48.5 Å². The first kappa shape index (κ1) is 15.4. The molecular formula is C16H20N2O2S. The van der Waals surface area contributed by atoms with Crippen LogP contribution < -0.4 is 9.80 Å². The molecular weight excluding hydrogens is 284 g/mol. The zero-order valence-electron chi connectivity index (χ0n) is 12.7. The average Bonchev–Trinajstić information content (AvgIpc) is 2.47. The Bertz CT molecular complexity index is 645. The van der Waals surface area contributed by atoms with E-state index in [4.69, 9.17) is 0 Å². The highest BCUT2D eigenvalue weighted by Gasteiger charge is 2.17. The van der Waals surface area contributed by atoms with Gasteiger partial charge in [0.05, 0.1) is 9.79 Å². The number of nitrogens with zero attached hydrogens (tertiary/aromatic N) is 2. The molecule has 2 aromatic rings. The van der Waals surface area contributed by atoms with E-state index in [1.54, 1.807) is 48.5 Å². The molecule has 0 unspecified atom stereocenters. The minimum Gasteiger partial charge on any atom is -0.378 e.